The number of aromatic nitrogens is 2. The predicted octanol–water partition coefficient (Wildman–Crippen LogP) is 0.162. The van der Waals surface area contributed by atoms with Gasteiger partial charge in [0.25, 0.3) is 0 Å². The maximum absolute atomic E-state index is 9.00. The lowest BCUT2D eigenvalue weighted by atomic mass is 10.4. The lowest BCUT2D eigenvalue weighted by Gasteiger charge is -1.82. The molecule has 0 spiro atoms. The third kappa shape index (κ3) is 6.34. The largest absolute Gasteiger partial charge is 0.352 e. The summed E-state index contributed by atoms with van der Waals surface area (Å²) in [4.78, 5) is 15.9. The second kappa shape index (κ2) is 5.96. The van der Waals surface area contributed by atoms with Gasteiger partial charge in [0.15, 0.2) is 0 Å². The Bertz CT molecular complexity index is 226. The normalized spacial score (nSPS) is 8.00. The number of carbonyl (C=O) groups is 1. The first-order valence-corrected chi connectivity index (χ1v) is 3.31. The number of imidazole rings is 1. The Balaban J connectivity index is 0.000000261. The van der Waals surface area contributed by atoms with Crippen LogP contribution in [0.1, 0.15) is 5.82 Å². The Morgan fingerprint density at radius 3 is 2.67 bits per heavy atom. The average molecular weight is 168 g/mol. The van der Waals surface area contributed by atoms with E-state index in [9.17, 15) is 0 Å². The van der Waals surface area contributed by atoms with Gasteiger partial charge in [-0.25, -0.2) is 9.78 Å². The van der Waals surface area contributed by atoms with E-state index < -0.39 is 6.03 Å². The van der Waals surface area contributed by atoms with Gasteiger partial charge in [0.1, 0.15) is 5.82 Å². The van der Waals surface area contributed by atoms with Crippen molar-refractivity contribution in [3.05, 3.63) is 30.9 Å². The van der Waals surface area contributed by atoms with Crippen molar-refractivity contribution in [1.29, 1.82) is 0 Å². The zero-order valence-corrected chi connectivity index (χ0v) is 6.66. The van der Waals surface area contributed by atoms with Gasteiger partial charge >= 0.3 is 6.03 Å². The van der Waals surface area contributed by atoms with E-state index in [2.05, 4.69) is 28.0 Å². The van der Waals surface area contributed by atoms with Crippen LogP contribution >= 0.6 is 0 Å². The van der Waals surface area contributed by atoms with E-state index in [-0.39, 0.29) is 0 Å². The highest BCUT2D eigenvalue weighted by molar-refractivity contribution is 5.69. The summed E-state index contributed by atoms with van der Waals surface area (Å²) in [6.45, 7) is 3.58. The van der Waals surface area contributed by atoms with E-state index >= 15 is 0 Å². The van der Waals surface area contributed by atoms with Crippen molar-refractivity contribution < 1.29 is 4.79 Å². The zero-order valence-electron chi connectivity index (χ0n) is 6.66. The molecule has 0 unspecified atom stereocenters. The number of nitrogens with zero attached hydrogens (tertiary/aromatic N) is 1. The van der Waals surface area contributed by atoms with Crippen LogP contribution in [0.2, 0.25) is 0 Å². The minimum atomic E-state index is -0.833. The first-order chi connectivity index (χ1) is 5.66. The Labute approximate surface area is 70.5 Å². The lowest BCUT2D eigenvalue weighted by Crippen LogP contribution is -2.18. The SMILES string of the molecule is C=CCc1ncc[nH]1.NC(N)=O. The topological polar surface area (TPSA) is 97.8 Å². The number of H-pyrrole nitrogens is 1. The molecule has 66 valence electrons. The minimum Gasteiger partial charge on any atom is -0.352 e. The molecule has 12 heavy (non-hydrogen) atoms. The van der Waals surface area contributed by atoms with Gasteiger partial charge in [-0.3, -0.25) is 0 Å². The van der Waals surface area contributed by atoms with Crippen LogP contribution in [-0.2, 0) is 6.42 Å². The van der Waals surface area contributed by atoms with Crippen LogP contribution in [0.3, 0.4) is 0 Å². The van der Waals surface area contributed by atoms with Crippen LogP contribution in [0.5, 0.6) is 0 Å². The summed E-state index contributed by atoms with van der Waals surface area (Å²) >= 11 is 0. The van der Waals surface area contributed by atoms with Crippen molar-refractivity contribution >= 4 is 6.03 Å². The molecule has 0 bridgehead atoms. The number of aromatic amines is 1. The van der Waals surface area contributed by atoms with Gasteiger partial charge in [-0.1, -0.05) is 6.08 Å². The summed E-state index contributed by atoms with van der Waals surface area (Å²) in [5.41, 5.74) is 8.50. The molecule has 5 N–H and O–H groups in total. The summed E-state index contributed by atoms with van der Waals surface area (Å²) in [6.07, 6.45) is 6.18. The molecular formula is C7H12N4O. The fraction of sp³-hybridized carbons (Fsp3) is 0.143. The molecule has 1 aromatic heterocycles. The average Bonchev–Trinajstić information content (AvgIpc) is 2.39. The zero-order chi connectivity index (χ0) is 9.40. The molecule has 0 saturated heterocycles. The van der Waals surface area contributed by atoms with Crippen molar-refractivity contribution in [3.63, 3.8) is 0 Å². The van der Waals surface area contributed by atoms with Crippen molar-refractivity contribution in [2.45, 2.75) is 6.42 Å². The molecule has 0 aromatic carbocycles. The molecule has 1 aromatic rings. The Morgan fingerprint density at radius 2 is 2.33 bits per heavy atom. The maximum Gasteiger partial charge on any atom is 0.309 e. The number of hydrogen-bond acceptors (Lipinski definition) is 2. The molecule has 0 atom stereocenters. The molecule has 5 nitrogen and oxygen atoms in total. The number of carbonyl (C=O) groups excluding carboxylic acids is 1. The van der Waals surface area contributed by atoms with Crippen molar-refractivity contribution in [1.82, 2.24) is 9.97 Å². The molecule has 1 heterocycles. The van der Waals surface area contributed by atoms with Gasteiger partial charge in [-0.15, -0.1) is 6.58 Å². The maximum atomic E-state index is 9.00. The first-order valence-electron chi connectivity index (χ1n) is 3.31. The Kier molecular flexibility index (Phi) is 5.08. The number of amides is 2. The Hall–Kier alpha value is -1.78. The van der Waals surface area contributed by atoms with Gasteiger partial charge in [0.2, 0.25) is 0 Å². The molecule has 0 aliphatic carbocycles. The molecular weight excluding hydrogens is 156 g/mol. The fourth-order valence-electron chi connectivity index (χ4n) is 0.546. The number of allylic oxidation sites excluding steroid dienone is 1. The van der Waals surface area contributed by atoms with Crippen LogP contribution in [0, 0.1) is 0 Å². The van der Waals surface area contributed by atoms with E-state index in [4.69, 9.17) is 4.79 Å². The molecule has 0 aliphatic rings. The standard InChI is InChI=1S/C6H8N2.CH4N2O/c1-2-3-6-7-4-5-8-6;2-1(3)4/h2,4-5H,1,3H2,(H,7,8);(H4,2,3,4). The first kappa shape index (κ1) is 10.2. The predicted molar refractivity (Wildman–Crippen MR) is 46.3 cm³/mol. The van der Waals surface area contributed by atoms with Gasteiger partial charge < -0.3 is 16.5 Å². The van der Waals surface area contributed by atoms with Crippen molar-refractivity contribution in [2.24, 2.45) is 11.5 Å². The van der Waals surface area contributed by atoms with Gasteiger partial charge in [-0.2, -0.15) is 0 Å². The summed E-state index contributed by atoms with van der Waals surface area (Å²) in [6, 6.07) is -0.833. The van der Waals surface area contributed by atoms with Gasteiger partial charge in [0.05, 0.1) is 0 Å². The highest BCUT2D eigenvalue weighted by Crippen LogP contribution is 1.88. The smallest absolute Gasteiger partial charge is 0.309 e. The van der Waals surface area contributed by atoms with Crippen LogP contribution in [0.15, 0.2) is 25.0 Å². The van der Waals surface area contributed by atoms with E-state index in [1.54, 1.807) is 12.4 Å². The summed E-state index contributed by atoms with van der Waals surface area (Å²) in [5, 5.41) is 0. The number of urea groups is 1. The Morgan fingerprint density at radius 1 is 1.75 bits per heavy atom. The van der Waals surface area contributed by atoms with Crippen LogP contribution in [0.25, 0.3) is 0 Å². The highest BCUT2D eigenvalue weighted by atomic mass is 16.2. The summed E-state index contributed by atoms with van der Waals surface area (Å²) < 4.78 is 0. The van der Waals surface area contributed by atoms with Crippen LogP contribution in [0.4, 0.5) is 4.79 Å². The molecule has 0 aliphatic heterocycles. The highest BCUT2D eigenvalue weighted by Gasteiger charge is 1.85. The minimum absolute atomic E-state index is 0.826. The molecule has 1 rings (SSSR count). The number of primary amides is 2. The van der Waals surface area contributed by atoms with Crippen LogP contribution in [-0.4, -0.2) is 16.0 Å². The number of hydrogen-bond donors (Lipinski definition) is 3. The second-order valence-electron chi connectivity index (χ2n) is 1.93. The molecule has 0 radical (unpaired) electrons. The number of nitrogens with two attached hydrogens (primary N) is 2. The third-order valence-electron chi connectivity index (χ3n) is 0.893. The number of rotatable bonds is 2. The number of nitrogens with one attached hydrogen (secondary N) is 1. The fourth-order valence-corrected chi connectivity index (χ4v) is 0.546. The van der Waals surface area contributed by atoms with E-state index in [1.807, 2.05) is 6.08 Å². The quantitative estimate of drug-likeness (QED) is 0.548. The van der Waals surface area contributed by atoms with Gasteiger partial charge in [0, 0.05) is 18.8 Å². The lowest BCUT2D eigenvalue weighted by molar-refractivity contribution is 0.256. The van der Waals surface area contributed by atoms with Gasteiger partial charge in [-0.05, 0) is 0 Å². The van der Waals surface area contributed by atoms with E-state index in [1.165, 1.54) is 0 Å². The second-order valence-corrected chi connectivity index (χ2v) is 1.93. The molecule has 5 heteroatoms. The molecule has 0 fully saturated rings. The monoisotopic (exact) mass is 168 g/mol. The van der Waals surface area contributed by atoms with Crippen molar-refractivity contribution in [3.8, 4) is 0 Å². The third-order valence-corrected chi connectivity index (χ3v) is 0.893. The molecule has 0 saturated carbocycles. The van der Waals surface area contributed by atoms with Crippen LogP contribution < -0.4 is 11.5 Å². The van der Waals surface area contributed by atoms with E-state index in [0.717, 1.165) is 12.2 Å². The molecule has 2 amide bonds. The van der Waals surface area contributed by atoms with E-state index in [0.29, 0.717) is 0 Å². The summed E-state index contributed by atoms with van der Waals surface area (Å²) in [7, 11) is 0. The van der Waals surface area contributed by atoms with Crippen molar-refractivity contribution in [2.75, 3.05) is 0 Å². The summed E-state index contributed by atoms with van der Waals surface area (Å²) in [5.74, 6) is 0.972.